The molecule has 0 aromatic heterocycles. The molecule has 2 nitrogen and oxygen atoms in total. The summed E-state index contributed by atoms with van der Waals surface area (Å²) in [7, 11) is 0. The van der Waals surface area contributed by atoms with Crippen LogP contribution < -0.4 is 11.1 Å². The van der Waals surface area contributed by atoms with Gasteiger partial charge in [0, 0.05) is 17.3 Å². The molecule has 5 rings (SSSR count). The molecule has 2 heteroatoms. The van der Waals surface area contributed by atoms with Crippen LogP contribution in [0.5, 0.6) is 0 Å². The van der Waals surface area contributed by atoms with Crippen molar-refractivity contribution < 1.29 is 0 Å². The van der Waals surface area contributed by atoms with Crippen LogP contribution in [0.2, 0.25) is 0 Å². The summed E-state index contributed by atoms with van der Waals surface area (Å²) < 4.78 is 0. The first kappa shape index (κ1) is 20.4. The lowest BCUT2D eigenvalue weighted by Crippen LogP contribution is -2.15. The molecule has 0 spiro atoms. The zero-order valence-corrected chi connectivity index (χ0v) is 19.0. The van der Waals surface area contributed by atoms with Crippen molar-refractivity contribution in [2.75, 3.05) is 0 Å². The summed E-state index contributed by atoms with van der Waals surface area (Å²) in [5.74, 6) is 0.503. The van der Waals surface area contributed by atoms with E-state index in [0.717, 1.165) is 23.4 Å². The maximum absolute atomic E-state index is 6.33. The average molecular weight is 419 g/mol. The predicted octanol–water partition coefficient (Wildman–Crippen LogP) is 6.85. The lowest BCUT2D eigenvalue weighted by molar-refractivity contribution is 0.660. The van der Waals surface area contributed by atoms with Crippen LogP contribution in [-0.4, -0.2) is 0 Å². The summed E-state index contributed by atoms with van der Waals surface area (Å²) in [5.41, 5.74) is 17.4. The van der Waals surface area contributed by atoms with Gasteiger partial charge in [0.25, 0.3) is 0 Å². The van der Waals surface area contributed by atoms with Crippen molar-refractivity contribution in [2.45, 2.75) is 32.6 Å². The highest BCUT2D eigenvalue weighted by atomic mass is 14.9. The van der Waals surface area contributed by atoms with Crippen LogP contribution in [0.15, 0.2) is 96.8 Å². The van der Waals surface area contributed by atoms with Crippen LogP contribution in [0, 0.1) is 5.92 Å². The maximum atomic E-state index is 6.33. The summed E-state index contributed by atoms with van der Waals surface area (Å²) in [6, 6.07) is 25.9. The van der Waals surface area contributed by atoms with Gasteiger partial charge in [-0.15, -0.1) is 0 Å². The second-order valence-corrected chi connectivity index (χ2v) is 9.47. The Bertz CT molecular complexity index is 1260. The topological polar surface area (TPSA) is 38.0 Å². The summed E-state index contributed by atoms with van der Waals surface area (Å²) in [5, 5.41) is 3.50. The smallest absolute Gasteiger partial charge is 0.0550 e. The molecule has 1 unspecified atom stereocenters. The van der Waals surface area contributed by atoms with E-state index in [1.165, 1.54) is 33.4 Å². The van der Waals surface area contributed by atoms with Crippen LogP contribution in [-0.2, 0) is 5.41 Å². The van der Waals surface area contributed by atoms with Gasteiger partial charge in [-0.3, -0.25) is 0 Å². The zero-order valence-electron chi connectivity index (χ0n) is 19.0. The summed E-state index contributed by atoms with van der Waals surface area (Å²) >= 11 is 0. The number of benzene rings is 3. The molecule has 160 valence electrons. The molecule has 3 aromatic carbocycles. The van der Waals surface area contributed by atoms with Gasteiger partial charge in [0.05, 0.1) is 5.70 Å². The molecule has 1 atom stereocenters. The summed E-state index contributed by atoms with van der Waals surface area (Å²) in [4.78, 5) is 0. The second kappa shape index (κ2) is 7.87. The van der Waals surface area contributed by atoms with Gasteiger partial charge in [-0.05, 0) is 63.4 Å². The monoisotopic (exact) mass is 418 g/mol. The van der Waals surface area contributed by atoms with Gasteiger partial charge >= 0.3 is 0 Å². The van der Waals surface area contributed by atoms with Crippen molar-refractivity contribution in [1.29, 1.82) is 0 Å². The predicted molar refractivity (Wildman–Crippen MR) is 136 cm³/mol. The van der Waals surface area contributed by atoms with E-state index in [1.807, 2.05) is 36.5 Å². The normalized spacial score (nSPS) is 19.0. The molecule has 3 N–H and O–H groups in total. The molecule has 0 heterocycles. The number of nitrogens with one attached hydrogen (secondary N) is 1. The van der Waals surface area contributed by atoms with E-state index in [-0.39, 0.29) is 5.41 Å². The van der Waals surface area contributed by atoms with Crippen LogP contribution in [0.25, 0.3) is 22.4 Å². The molecule has 0 amide bonds. The molecular weight excluding hydrogens is 388 g/mol. The maximum Gasteiger partial charge on any atom is 0.0550 e. The molecule has 0 saturated carbocycles. The molecule has 0 radical (unpaired) electrons. The first-order chi connectivity index (χ1) is 15.4. The number of nitrogens with two attached hydrogens (primary N) is 1. The Hall–Kier alpha value is -3.52. The Morgan fingerprint density at radius 1 is 0.938 bits per heavy atom. The average Bonchev–Trinajstić information content (AvgIpc) is 3.05. The molecule has 0 bridgehead atoms. The minimum absolute atomic E-state index is 0.0343. The van der Waals surface area contributed by atoms with E-state index in [0.29, 0.717) is 5.92 Å². The molecule has 0 saturated heterocycles. The fourth-order valence-electron chi connectivity index (χ4n) is 5.05. The van der Waals surface area contributed by atoms with E-state index in [4.69, 9.17) is 5.73 Å². The van der Waals surface area contributed by atoms with Gasteiger partial charge in [-0.1, -0.05) is 93.6 Å². The Morgan fingerprint density at radius 2 is 1.66 bits per heavy atom. The van der Waals surface area contributed by atoms with Crippen LogP contribution in [0.4, 0.5) is 0 Å². The molecule has 3 aromatic rings. The number of hydrogen-bond acceptors (Lipinski definition) is 2. The Kier molecular flexibility index (Phi) is 5.01. The van der Waals surface area contributed by atoms with Crippen LogP contribution in [0.1, 0.15) is 49.4 Å². The van der Waals surface area contributed by atoms with E-state index < -0.39 is 0 Å². The summed E-state index contributed by atoms with van der Waals surface area (Å²) in [6.07, 6.45) is 7.38. The van der Waals surface area contributed by atoms with Gasteiger partial charge in [0.1, 0.15) is 0 Å². The van der Waals surface area contributed by atoms with Gasteiger partial charge in [0.2, 0.25) is 0 Å². The van der Waals surface area contributed by atoms with Crippen molar-refractivity contribution in [1.82, 2.24) is 5.32 Å². The quantitative estimate of drug-likeness (QED) is 0.486. The number of allylic oxidation sites excluding steroid dienone is 3. The third kappa shape index (κ3) is 3.46. The Labute approximate surface area is 191 Å². The van der Waals surface area contributed by atoms with E-state index in [1.54, 1.807) is 0 Å². The van der Waals surface area contributed by atoms with Crippen molar-refractivity contribution in [3.05, 3.63) is 119 Å². The van der Waals surface area contributed by atoms with Crippen molar-refractivity contribution in [3.63, 3.8) is 0 Å². The van der Waals surface area contributed by atoms with Crippen LogP contribution >= 0.6 is 0 Å². The highest BCUT2D eigenvalue weighted by Crippen LogP contribution is 2.49. The standard InChI is InChI=1S/C30H30N2/c1-20-13-16-29(32-19-28(31)21-9-5-4-6-10-21)24(17-20)22-14-15-27-25(18-22)23-11-7-8-12-26(23)30(27,2)3/h4-16,18-20,32H,17,31H2,1-3H3/b28-19+. The van der Waals surface area contributed by atoms with E-state index in [9.17, 15) is 0 Å². The lowest BCUT2D eigenvalue weighted by Gasteiger charge is -2.23. The minimum Gasteiger partial charge on any atom is -0.397 e. The van der Waals surface area contributed by atoms with Crippen LogP contribution in [0.3, 0.4) is 0 Å². The summed E-state index contributed by atoms with van der Waals surface area (Å²) in [6.45, 7) is 6.92. The zero-order chi connectivity index (χ0) is 22.3. The van der Waals surface area contributed by atoms with Crippen molar-refractivity contribution in [3.8, 4) is 11.1 Å². The third-order valence-corrected chi connectivity index (χ3v) is 6.86. The minimum atomic E-state index is 0.0343. The molecular formula is C30H30N2. The molecule has 2 aliphatic carbocycles. The van der Waals surface area contributed by atoms with E-state index >= 15 is 0 Å². The largest absolute Gasteiger partial charge is 0.397 e. The third-order valence-electron chi connectivity index (χ3n) is 6.86. The number of fused-ring (bicyclic) bond motifs is 3. The van der Waals surface area contributed by atoms with Gasteiger partial charge < -0.3 is 11.1 Å². The molecule has 2 aliphatic rings. The molecule has 0 aliphatic heterocycles. The molecule has 0 fully saturated rings. The fourth-order valence-corrected chi connectivity index (χ4v) is 5.05. The Morgan fingerprint density at radius 3 is 2.47 bits per heavy atom. The van der Waals surface area contributed by atoms with Crippen molar-refractivity contribution >= 4 is 11.3 Å². The highest BCUT2D eigenvalue weighted by Gasteiger charge is 2.35. The Balaban J connectivity index is 1.55. The number of hydrogen-bond donors (Lipinski definition) is 2. The SMILES string of the molecule is CC1C=CC(N/C=C(/N)c2ccccc2)=C(c2ccc3c(c2)-c2ccccc2C3(C)C)C1. The van der Waals surface area contributed by atoms with Gasteiger partial charge in [-0.25, -0.2) is 0 Å². The fraction of sp³-hybridized carbons (Fsp3) is 0.200. The first-order valence-corrected chi connectivity index (χ1v) is 11.4. The van der Waals surface area contributed by atoms with Gasteiger partial charge in [-0.2, -0.15) is 0 Å². The van der Waals surface area contributed by atoms with Gasteiger partial charge in [0.15, 0.2) is 0 Å². The first-order valence-electron chi connectivity index (χ1n) is 11.4. The van der Waals surface area contributed by atoms with Crippen molar-refractivity contribution in [2.24, 2.45) is 11.7 Å². The van der Waals surface area contributed by atoms with E-state index in [2.05, 4.69) is 80.7 Å². The second-order valence-electron chi connectivity index (χ2n) is 9.47. The molecule has 32 heavy (non-hydrogen) atoms. The lowest BCUT2D eigenvalue weighted by atomic mass is 9.81. The highest BCUT2D eigenvalue weighted by molar-refractivity contribution is 5.84. The number of rotatable bonds is 4.